The summed E-state index contributed by atoms with van der Waals surface area (Å²) in [5, 5.41) is 0.00743. The molecule has 0 saturated heterocycles. The smallest absolute Gasteiger partial charge is 0.225 e. The summed E-state index contributed by atoms with van der Waals surface area (Å²) < 4.78 is 18.6. The van der Waals surface area contributed by atoms with Crippen molar-refractivity contribution in [1.82, 2.24) is 4.98 Å². The van der Waals surface area contributed by atoms with Crippen LogP contribution >= 0.6 is 11.6 Å². The van der Waals surface area contributed by atoms with Crippen molar-refractivity contribution in [2.75, 3.05) is 6.61 Å². The highest BCUT2D eigenvalue weighted by Gasteiger charge is 2.13. The van der Waals surface area contributed by atoms with Crippen LogP contribution in [0.15, 0.2) is 42.5 Å². The van der Waals surface area contributed by atoms with Gasteiger partial charge < -0.3 is 4.74 Å². The van der Waals surface area contributed by atoms with Crippen LogP contribution in [0.4, 0.5) is 4.39 Å². The van der Waals surface area contributed by atoms with E-state index in [0.29, 0.717) is 5.75 Å². The number of nitrogens with zero attached hydrogens (tertiary/aromatic N) is 1. The molecule has 5 heteroatoms. The zero-order chi connectivity index (χ0) is 13.0. The van der Waals surface area contributed by atoms with Crippen molar-refractivity contribution in [3.8, 4) is 5.75 Å². The summed E-state index contributed by atoms with van der Waals surface area (Å²) >= 11 is 5.50. The molecule has 1 aromatic carbocycles. The van der Waals surface area contributed by atoms with Crippen LogP contribution in [0, 0.1) is 5.95 Å². The number of ketones is 1. The monoisotopic (exact) mass is 265 g/mol. The highest BCUT2D eigenvalue weighted by atomic mass is 35.5. The molecule has 0 spiro atoms. The van der Waals surface area contributed by atoms with Gasteiger partial charge in [0, 0.05) is 0 Å². The lowest BCUT2D eigenvalue weighted by Gasteiger charge is -2.05. The zero-order valence-corrected chi connectivity index (χ0v) is 10.0. The van der Waals surface area contributed by atoms with Gasteiger partial charge in [-0.1, -0.05) is 29.8 Å². The highest BCUT2D eigenvalue weighted by Crippen LogP contribution is 2.13. The average molecular weight is 266 g/mol. The van der Waals surface area contributed by atoms with E-state index in [0.717, 1.165) is 0 Å². The lowest BCUT2D eigenvalue weighted by Crippen LogP contribution is -2.14. The SMILES string of the molecule is O=C(COc1ccccc1)c1ccc(Cl)nc1F. The van der Waals surface area contributed by atoms with E-state index in [4.69, 9.17) is 16.3 Å². The molecule has 0 aliphatic heterocycles. The third-order valence-electron chi connectivity index (χ3n) is 2.23. The van der Waals surface area contributed by atoms with Gasteiger partial charge in [-0.2, -0.15) is 4.39 Å². The van der Waals surface area contributed by atoms with Crippen molar-refractivity contribution < 1.29 is 13.9 Å². The Bertz CT molecular complexity index is 560. The van der Waals surface area contributed by atoms with Gasteiger partial charge in [0.15, 0.2) is 6.61 Å². The Morgan fingerprint density at radius 2 is 1.94 bits per heavy atom. The van der Waals surface area contributed by atoms with Crippen molar-refractivity contribution in [3.63, 3.8) is 0 Å². The molecular weight excluding hydrogens is 257 g/mol. The molecule has 92 valence electrons. The minimum absolute atomic E-state index is 0.00743. The van der Waals surface area contributed by atoms with E-state index >= 15 is 0 Å². The summed E-state index contributed by atoms with van der Waals surface area (Å²) in [6.07, 6.45) is 0. The zero-order valence-electron chi connectivity index (χ0n) is 9.27. The van der Waals surface area contributed by atoms with Gasteiger partial charge in [-0.3, -0.25) is 4.79 Å². The summed E-state index contributed by atoms with van der Waals surface area (Å²) in [5.74, 6) is -0.821. The van der Waals surface area contributed by atoms with Gasteiger partial charge in [0.25, 0.3) is 0 Å². The van der Waals surface area contributed by atoms with Crippen LogP contribution in [0.25, 0.3) is 0 Å². The molecule has 0 aliphatic rings. The summed E-state index contributed by atoms with van der Waals surface area (Å²) in [6.45, 7) is -0.246. The second kappa shape index (κ2) is 5.60. The van der Waals surface area contributed by atoms with Crippen LogP contribution in [0.1, 0.15) is 10.4 Å². The lowest BCUT2D eigenvalue weighted by atomic mass is 10.2. The van der Waals surface area contributed by atoms with Crippen molar-refractivity contribution >= 4 is 17.4 Å². The Labute approximate surface area is 108 Å². The standard InChI is InChI=1S/C13H9ClFNO2/c14-12-7-6-10(13(15)16-12)11(17)8-18-9-4-2-1-3-5-9/h1-7H,8H2. The third-order valence-corrected chi connectivity index (χ3v) is 2.44. The lowest BCUT2D eigenvalue weighted by molar-refractivity contribution is 0.0916. The van der Waals surface area contributed by atoms with Gasteiger partial charge in [-0.25, -0.2) is 4.98 Å². The first-order valence-electron chi connectivity index (χ1n) is 5.20. The second-order valence-corrected chi connectivity index (χ2v) is 3.88. The predicted molar refractivity (Wildman–Crippen MR) is 65.5 cm³/mol. The first-order chi connectivity index (χ1) is 8.66. The number of para-hydroxylation sites is 1. The molecule has 0 aliphatic carbocycles. The molecule has 0 unspecified atom stereocenters. The van der Waals surface area contributed by atoms with Gasteiger partial charge in [-0.05, 0) is 24.3 Å². The fourth-order valence-corrected chi connectivity index (χ4v) is 1.50. The number of rotatable bonds is 4. The third kappa shape index (κ3) is 3.05. The summed E-state index contributed by atoms with van der Waals surface area (Å²) in [7, 11) is 0. The number of benzene rings is 1. The molecular formula is C13H9ClFNO2. The van der Waals surface area contributed by atoms with E-state index in [9.17, 15) is 9.18 Å². The topological polar surface area (TPSA) is 39.2 Å². The molecule has 1 aromatic heterocycles. The quantitative estimate of drug-likeness (QED) is 0.630. The predicted octanol–water partition coefficient (Wildman–Crippen LogP) is 3.14. The van der Waals surface area contributed by atoms with Gasteiger partial charge in [-0.15, -0.1) is 0 Å². The van der Waals surface area contributed by atoms with Gasteiger partial charge >= 0.3 is 0 Å². The van der Waals surface area contributed by atoms with Gasteiger partial charge in [0.05, 0.1) is 5.56 Å². The molecule has 0 saturated carbocycles. The minimum Gasteiger partial charge on any atom is -0.485 e. The summed E-state index contributed by atoms with van der Waals surface area (Å²) in [6, 6.07) is 11.5. The number of pyridine rings is 1. The number of hydrogen-bond donors (Lipinski definition) is 0. The van der Waals surface area contributed by atoms with Gasteiger partial charge in [0.2, 0.25) is 11.7 Å². The second-order valence-electron chi connectivity index (χ2n) is 3.50. The maximum absolute atomic E-state index is 13.4. The molecule has 0 radical (unpaired) electrons. The Morgan fingerprint density at radius 1 is 1.22 bits per heavy atom. The maximum Gasteiger partial charge on any atom is 0.225 e. The van der Waals surface area contributed by atoms with Crippen LogP contribution in [-0.4, -0.2) is 17.4 Å². The molecule has 2 aromatic rings. The molecule has 2 rings (SSSR count). The molecule has 0 bridgehead atoms. The number of ether oxygens (including phenoxy) is 1. The fraction of sp³-hybridized carbons (Fsp3) is 0.0769. The number of carbonyl (C=O) groups is 1. The highest BCUT2D eigenvalue weighted by molar-refractivity contribution is 6.29. The van der Waals surface area contributed by atoms with E-state index in [-0.39, 0.29) is 17.3 Å². The Balaban J connectivity index is 2.04. The van der Waals surface area contributed by atoms with E-state index in [2.05, 4.69) is 4.98 Å². The average Bonchev–Trinajstić information content (AvgIpc) is 2.37. The van der Waals surface area contributed by atoms with Crippen LogP contribution in [0.2, 0.25) is 5.15 Å². The number of hydrogen-bond acceptors (Lipinski definition) is 3. The number of carbonyl (C=O) groups excluding carboxylic acids is 1. The van der Waals surface area contributed by atoms with Crippen molar-refractivity contribution in [2.45, 2.75) is 0 Å². The Morgan fingerprint density at radius 3 is 2.61 bits per heavy atom. The van der Waals surface area contributed by atoms with Crippen molar-refractivity contribution in [2.24, 2.45) is 0 Å². The van der Waals surface area contributed by atoms with Crippen LogP contribution in [-0.2, 0) is 0 Å². The normalized spacial score (nSPS) is 10.1. The first-order valence-corrected chi connectivity index (χ1v) is 5.57. The molecule has 0 N–H and O–H groups in total. The molecule has 0 atom stereocenters. The van der Waals surface area contributed by atoms with Crippen LogP contribution in [0.5, 0.6) is 5.75 Å². The number of Topliss-reactive ketones (excluding diaryl/α,β-unsaturated/α-hetero) is 1. The minimum atomic E-state index is -0.885. The summed E-state index contributed by atoms with van der Waals surface area (Å²) in [4.78, 5) is 15.1. The van der Waals surface area contributed by atoms with E-state index in [1.54, 1.807) is 24.3 Å². The number of halogens is 2. The Hall–Kier alpha value is -1.94. The maximum atomic E-state index is 13.4. The summed E-state index contributed by atoms with van der Waals surface area (Å²) in [5.41, 5.74) is -0.129. The van der Waals surface area contributed by atoms with Crippen LogP contribution in [0.3, 0.4) is 0 Å². The number of aromatic nitrogens is 1. The molecule has 18 heavy (non-hydrogen) atoms. The van der Waals surface area contributed by atoms with Gasteiger partial charge in [0.1, 0.15) is 10.9 Å². The van der Waals surface area contributed by atoms with Crippen molar-refractivity contribution in [3.05, 3.63) is 59.1 Å². The fourth-order valence-electron chi connectivity index (χ4n) is 1.36. The Kier molecular flexibility index (Phi) is 3.89. The molecule has 0 fully saturated rings. The molecule has 0 amide bonds. The first kappa shape index (κ1) is 12.5. The van der Waals surface area contributed by atoms with E-state index in [1.807, 2.05) is 6.07 Å². The molecule has 1 heterocycles. The van der Waals surface area contributed by atoms with E-state index in [1.165, 1.54) is 12.1 Å². The van der Waals surface area contributed by atoms with Crippen LogP contribution < -0.4 is 4.74 Å². The largest absolute Gasteiger partial charge is 0.485 e. The van der Waals surface area contributed by atoms with Crippen molar-refractivity contribution in [1.29, 1.82) is 0 Å². The molecule has 3 nitrogen and oxygen atoms in total. The van der Waals surface area contributed by atoms with E-state index < -0.39 is 11.7 Å².